The summed E-state index contributed by atoms with van der Waals surface area (Å²) in [6.45, 7) is 6.07. The lowest BCUT2D eigenvalue weighted by atomic mass is 9.76. The van der Waals surface area contributed by atoms with Gasteiger partial charge >= 0.3 is 0 Å². The lowest BCUT2D eigenvalue weighted by Gasteiger charge is -2.27. The average molecular weight is 375 g/mol. The number of hydrogen-bond acceptors (Lipinski definition) is 5. The molecule has 2 saturated heterocycles. The smallest absolute Gasteiger partial charge is 0.230 e. The molecule has 6 nitrogen and oxygen atoms in total. The van der Waals surface area contributed by atoms with Crippen LogP contribution in [0, 0.1) is 17.8 Å². The first-order valence-corrected chi connectivity index (χ1v) is 10.1. The number of nitrogens with zero attached hydrogens (tertiary/aromatic N) is 3. The predicted molar refractivity (Wildman–Crippen MR) is 98.3 cm³/mol. The monoisotopic (exact) mass is 375 g/mol. The van der Waals surface area contributed by atoms with Gasteiger partial charge in [0.05, 0.1) is 31.0 Å². The third kappa shape index (κ3) is 2.77. The maximum absolute atomic E-state index is 13.1. The van der Waals surface area contributed by atoms with E-state index >= 15 is 0 Å². The van der Waals surface area contributed by atoms with Crippen molar-refractivity contribution in [3.63, 3.8) is 0 Å². The van der Waals surface area contributed by atoms with Gasteiger partial charge in [-0.15, -0.1) is 11.3 Å². The predicted octanol–water partition coefficient (Wildman–Crippen LogP) is 1.93. The molecule has 7 heteroatoms. The Balaban J connectivity index is 1.52. The number of hydrogen-bond donors (Lipinski definition) is 0. The highest BCUT2D eigenvalue weighted by molar-refractivity contribution is 7.09. The van der Waals surface area contributed by atoms with Crippen molar-refractivity contribution in [3.05, 3.63) is 28.7 Å². The van der Waals surface area contributed by atoms with E-state index < -0.39 is 17.4 Å². The van der Waals surface area contributed by atoms with Crippen LogP contribution >= 0.6 is 11.3 Å². The van der Waals surface area contributed by atoms with Gasteiger partial charge in [-0.2, -0.15) is 0 Å². The minimum absolute atomic E-state index is 0.0273. The molecule has 0 radical (unpaired) electrons. The number of fused-ring (bicyclic) bond motifs is 1. The summed E-state index contributed by atoms with van der Waals surface area (Å²) in [7, 11) is 1.78. The van der Waals surface area contributed by atoms with E-state index in [1.165, 1.54) is 11.3 Å². The number of carbonyl (C=O) groups is 2. The van der Waals surface area contributed by atoms with E-state index in [2.05, 4.69) is 18.8 Å². The Morgan fingerprint density at radius 1 is 1.54 bits per heavy atom. The van der Waals surface area contributed by atoms with Gasteiger partial charge in [0.15, 0.2) is 0 Å². The number of rotatable bonds is 6. The van der Waals surface area contributed by atoms with Gasteiger partial charge in [-0.1, -0.05) is 26.0 Å². The first-order chi connectivity index (χ1) is 12.4. The highest BCUT2D eigenvalue weighted by Crippen LogP contribution is 2.52. The molecule has 26 heavy (non-hydrogen) atoms. The van der Waals surface area contributed by atoms with E-state index in [1.807, 2.05) is 22.4 Å². The fourth-order valence-corrected chi connectivity index (χ4v) is 5.00. The fourth-order valence-electron chi connectivity index (χ4n) is 4.33. The van der Waals surface area contributed by atoms with Crippen LogP contribution in [-0.4, -0.2) is 58.4 Å². The second-order valence-corrected chi connectivity index (χ2v) is 8.94. The number of amides is 2. The molecule has 4 rings (SSSR count). The highest BCUT2D eigenvalue weighted by atomic mass is 32.1. The quantitative estimate of drug-likeness (QED) is 0.713. The van der Waals surface area contributed by atoms with Gasteiger partial charge in [0.1, 0.15) is 10.6 Å². The Bertz CT molecular complexity index is 732. The molecular weight excluding hydrogens is 350 g/mol. The number of aromatic nitrogens is 1. The van der Waals surface area contributed by atoms with Crippen molar-refractivity contribution < 1.29 is 14.3 Å². The van der Waals surface area contributed by atoms with E-state index in [-0.39, 0.29) is 17.9 Å². The largest absolute Gasteiger partial charge is 0.360 e. The number of carbonyl (C=O) groups excluding carboxylic acids is 2. The normalized spacial score (nSPS) is 31.9. The summed E-state index contributed by atoms with van der Waals surface area (Å²) in [6.07, 6.45) is 6.39. The van der Waals surface area contributed by atoms with Crippen molar-refractivity contribution in [1.82, 2.24) is 14.8 Å². The van der Waals surface area contributed by atoms with Gasteiger partial charge in [0.2, 0.25) is 11.8 Å². The summed E-state index contributed by atoms with van der Waals surface area (Å²) < 4.78 is 6.18. The van der Waals surface area contributed by atoms with E-state index in [1.54, 1.807) is 18.1 Å². The van der Waals surface area contributed by atoms with Gasteiger partial charge in [-0.3, -0.25) is 9.59 Å². The molecule has 0 N–H and O–H groups in total. The summed E-state index contributed by atoms with van der Waals surface area (Å²) in [5.41, 5.74) is -0.610. The second-order valence-electron chi connectivity index (χ2n) is 7.96. The van der Waals surface area contributed by atoms with Gasteiger partial charge in [0.25, 0.3) is 0 Å². The topological polar surface area (TPSA) is 62.7 Å². The van der Waals surface area contributed by atoms with Crippen molar-refractivity contribution in [2.75, 3.05) is 20.1 Å². The summed E-state index contributed by atoms with van der Waals surface area (Å²) in [6, 6.07) is 0. The molecule has 3 aliphatic rings. The van der Waals surface area contributed by atoms with Crippen LogP contribution in [0.5, 0.6) is 0 Å². The molecule has 4 atom stereocenters. The van der Waals surface area contributed by atoms with Crippen LogP contribution in [0.2, 0.25) is 0 Å². The molecule has 2 amide bonds. The van der Waals surface area contributed by atoms with Crippen LogP contribution in [0.25, 0.3) is 0 Å². The molecule has 2 fully saturated rings. The lowest BCUT2D eigenvalue weighted by molar-refractivity contribution is -0.142. The molecule has 140 valence electrons. The van der Waals surface area contributed by atoms with Crippen LogP contribution < -0.4 is 0 Å². The summed E-state index contributed by atoms with van der Waals surface area (Å²) in [4.78, 5) is 34.0. The molecule has 4 heterocycles. The minimum Gasteiger partial charge on any atom is -0.360 e. The van der Waals surface area contributed by atoms with E-state index in [9.17, 15) is 9.59 Å². The maximum atomic E-state index is 13.1. The zero-order valence-corrected chi connectivity index (χ0v) is 16.2. The summed E-state index contributed by atoms with van der Waals surface area (Å²) in [5.74, 6) is -0.244. The fraction of sp³-hybridized carbons (Fsp3) is 0.632. The van der Waals surface area contributed by atoms with Gasteiger partial charge in [-0.25, -0.2) is 4.98 Å². The molecule has 3 aliphatic heterocycles. The minimum atomic E-state index is -0.610. The number of likely N-dealkylation sites (tertiary alicyclic amines) is 1. The zero-order chi connectivity index (χ0) is 18.5. The SMILES string of the molecule is CC(C)CCN1C[C@]23C=C[C@H](O2)[C@@H](C(=O)N(C)Cc2nccs2)[C@H]3C1=O. The molecule has 0 aromatic carbocycles. The van der Waals surface area contributed by atoms with E-state index in [0.29, 0.717) is 19.0 Å². The molecule has 0 unspecified atom stereocenters. The molecule has 2 bridgehead atoms. The van der Waals surface area contributed by atoms with Crippen molar-refractivity contribution in [3.8, 4) is 0 Å². The Morgan fingerprint density at radius 2 is 2.35 bits per heavy atom. The Hall–Kier alpha value is -1.73. The standard InChI is InChI=1S/C19H25N3O3S/c1-12(2)5-8-22-11-19-6-4-13(25-19)15(16(19)18(22)24)17(23)21(3)10-14-20-7-9-26-14/h4,6-7,9,12-13,15-16H,5,8,10-11H2,1-3H3/t13-,15+,16-,19-/m0/s1. The first kappa shape index (κ1) is 17.7. The number of thiazole rings is 1. The second kappa shape index (κ2) is 6.46. The Labute approximate surface area is 157 Å². The maximum Gasteiger partial charge on any atom is 0.230 e. The molecule has 0 aliphatic carbocycles. The van der Waals surface area contributed by atoms with Crippen molar-refractivity contribution >= 4 is 23.2 Å². The summed E-state index contributed by atoms with van der Waals surface area (Å²) >= 11 is 1.53. The zero-order valence-electron chi connectivity index (χ0n) is 15.4. The molecule has 1 aromatic rings. The van der Waals surface area contributed by atoms with Crippen LogP contribution in [0.1, 0.15) is 25.3 Å². The highest BCUT2D eigenvalue weighted by Gasteiger charge is 2.66. The third-order valence-corrected chi connectivity index (χ3v) is 6.44. The van der Waals surface area contributed by atoms with Crippen molar-refractivity contribution in [2.45, 2.75) is 38.5 Å². The van der Waals surface area contributed by atoms with Gasteiger partial charge in [0, 0.05) is 25.2 Å². The van der Waals surface area contributed by atoms with Crippen LogP contribution in [0.4, 0.5) is 0 Å². The number of ether oxygens (including phenoxy) is 1. The first-order valence-electron chi connectivity index (χ1n) is 9.20. The van der Waals surface area contributed by atoms with Gasteiger partial charge < -0.3 is 14.5 Å². The molecule has 1 spiro atoms. The average Bonchev–Trinajstić information content (AvgIpc) is 3.35. The van der Waals surface area contributed by atoms with Gasteiger partial charge in [-0.05, 0) is 12.3 Å². The summed E-state index contributed by atoms with van der Waals surface area (Å²) in [5, 5.41) is 2.80. The third-order valence-electron chi connectivity index (χ3n) is 5.67. The molecule has 1 aromatic heterocycles. The Kier molecular flexibility index (Phi) is 4.39. The van der Waals surface area contributed by atoms with E-state index in [0.717, 1.165) is 18.0 Å². The van der Waals surface area contributed by atoms with Crippen molar-refractivity contribution in [1.29, 1.82) is 0 Å². The van der Waals surface area contributed by atoms with E-state index in [4.69, 9.17) is 4.74 Å². The van der Waals surface area contributed by atoms with Crippen LogP contribution in [0.3, 0.4) is 0 Å². The Morgan fingerprint density at radius 3 is 3.04 bits per heavy atom. The van der Waals surface area contributed by atoms with Crippen LogP contribution in [0.15, 0.2) is 23.7 Å². The van der Waals surface area contributed by atoms with Crippen molar-refractivity contribution in [2.24, 2.45) is 17.8 Å². The molecule has 0 saturated carbocycles. The lowest BCUT2D eigenvalue weighted by Crippen LogP contribution is -2.44. The van der Waals surface area contributed by atoms with Crippen LogP contribution in [-0.2, 0) is 20.9 Å². The molecular formula is C19H25N3O3S.